The molecule has 0 bridgehead atoms. The van der Waals surface area contributed by atoms with Crippen molar-refractivity contribution in [2.24, 2.45) is 0 Å². The third kappa shape index (κ3) is 4.10. The van der Waals surface area contributed by atoms with Crippen LogP contribution in [0.5, 0.6) is 0 Å². The molecule has 2 rings (SSSR count). The lowest BCUT2D eigenvalue weighted by atomic mass is 10.1. The Morgan fingerprint density at radius 2 is 1.85 bits per heavy atom. The smallest absolute Gasteiger partial charge is 0.441 e. The Balaban J connectivity index is 2.47. The third-order valence-corrected chi connectivity index (χ3v) is 3.48. The van der Waals surface area contributed by atoms with Gasteiger partial charge in [0.2, 0.25) is 0 Å². The Morgan fingerprint density at radius 3 is 2.35 bits per heavy atom. The molecule has 1 aromatic heterocycles. The molecule has 0 fully saturated rings. The lowest BCUT2D eigenvalue weighted by Crippen LogP contribution is -2.69. The van der Waals surface area contributed by atoms with Gasteiger partial charge in [0.25, 0.3) is 5.91 Å². The van der Waals surface area contributed by atoms with Crippen LogP contribution in [0.1, 0.15) is 17.5 Å². The van der Waals surface area contributed by atoms with E-state index in [9.17, 15) is 22.8 Å². The van der Waals surface area contributed by atoms with Crippen LogP contribution < -0.4 is 10.6 Å². The first kappa shape index (κ1) is 19.6. The minimum absolute atomic E-state index is 0.112. The van der Waals surface area contributed by atoms with Crippen molar-refractivity contribution in [1.29, 1.82) is 0 Å². The highest BCUT2D eigenvalue weighted by Crippen LogP contribution is 2.33. The van der Waals surface area contributed by atoms with Crippen LogP contribution in [0.15, 0.2) is 47.1 Å². The van der Waals surface area contributed by atoms with Gasteiger partial charge in [-0.2, -0.15) is 13.2 Å². The van der Waals surface area contributed by atoms with Crippen LogP contribution in [0, 0.1) is 0 Å². The van der Waals surface area contributed by atoms with Gasteiger partial charge in [-0.05, 0) is 43.3 Å². The van der Waals surface area contributed by atoms with Gasteiger partial charge in [0, 0.05) is 10.7 Å². The van der Waals surface area contributed by atoms with Crippen LogP contribution in [0.2, 0.25) is 5.02 Å². The maximum absolute atomic E-state index is 13.9. The molecule has 1 heterocycles. The molecule has 1 aromatic carbocycles. The Hall–Kier alpha value is -2.68. The maximum Gasteiger partial charge on any atom is 0.441 e. The third-order valence-electron chi connectivity index (χ3n) is 3.23. The second-order valence-electron chi connectivity index (χ2n) is 5.03. The molecule has 1 atom stereocenters. The van der Waals surface area contributed by atoms with Crippen LogP contribution in [-0.4, -0.2) is 30.3 Å². The Kier molecular flexibility index (Phi) is 5.81. The van der Waals surface area contributed by atoms with Crippen molar-refractivity contribution in [2.75, 3.05) is 11.9 Å². The number of hydrogen-bond acceptors (Lipinski definition) is 5. The van der Waals surface area contributed by atoms with Gasteiger partial charge in [0.05, 0.1) is 12.9 Å². The Morgan fingerprint density at radius 1 is 1.19 bits per heavy atom. The first-order valence-corrected chi connectivity index (χ1v) is 7.71. The van der Waals surface area contributed by atoms with Crippen LogP contribution in [0.3, 0.4) is 0 Å². The molecule has 2 aromatic rings. The summed E-state index contributed by atoms with van der Waals surface area (Å²) in [4.78, 5) is 24.4. The van der Waals surface area contributed by atoms with E-state index in [4.69, 9.17) is 16.0 Å². The number of hydrogen-bond donors (Lipinski definition) is 2. The quantitative estimate of drug-likeness (QED) is 0.582. The normalized spacial score (nSPS) is 13.6. The summed E-state index contributed by atoms with van der Waals surface area (Å²) >= 11 is 5.71. The minimum Gasteiger partial charge on any atom is -0.463 e. The number of carbonyl (C=O) groups is 2. The maximum atomic E-state index is 13.9. The first-order valence-electron chi connectivity index (χ1n) is 7.33. The number of nitrogens with one attached hydrogen (secondary N) is 2. The van der Waals surface area contributed by atoms with Crippen molar-refractivity contribution in [2.45, 2.75) is 18.8 Å². The van der Waals surface area contributed by atoms with Gasteiger partial charge < -0.3 is 19.8 Å². The molecule has 26 heavy (non-hydrogen) atoms. The van der Waals surface area contributed by atoms with E-state index in [0.29, 0.717) is 0 Å². The van der Waals surface area contributed by atoms with Gasteiger partial charge >= 0.3 is 17.8 Å². The molecule has 0 aliphatic rings. The van der Waals surface area contributed by atoms with Crippen LogP contribution >= 0.6 is 11.6 Å². The number of halogens is 4. The van der Waals surface area contributed by atoms with Gasteiger partial charge in [-0.15, -0.1) is 0 Å². The number of furan rings is 1. The molecule has 1 amide bonds. The van der Waals surface area contributed by atoms with Gasteiger partial charge in [0.1, 0.15) is 0 Å². The molecule has 2 N–H and O–H groups in total. The first-order chi connectivity index (χ1) is 12.2. The van der Waals surface area contributed by atoms with Gasteiger partial charge in [-0.25, -0.2) is 4.79 Å². The number of benzene rings is 1. The van der Waals surface area contributed by atoms with Gasteiger partial charge in [-0.1, -0.05) is 11.6 Å². The molecule has 0 aliphatic carbocycles. The monoisotopic (exact) mass is 390 g/mol. The summed E-state index contributed by atoms with van der Waals surface area (Å²) in [7, 11) is 0. The fourth-order valence-electron chi connectivity index (χ4n) is 2.02. The highest BCUT2D eigenvalue weighted by molar-refractivity contribution is 6.30. The molecular formula is C16H14ClF3N2O4. The summed E-state index contributed by atoms with van der Waals surface area (Å²) in [5.74, 6) is -3.37. The van der Waals surface area contributed by atoms with Crippen LogP contribution in [-0.2, 0) is 9.53 Å². The topological polar surface area (TPSA) is 80.6 Å². The molecule has 10 heteroatoms. The fraction of sp³-hybridized carbons (Fsp3) is 0.250. The number of amides is 1. The molecule has 0 saturated heterocycles. The zero-order chi connectivity index (χ0) is 19.4. The van der Waals surface area contributed by atoms with E-state index in [2.05, 4.69) is 4.74 Å². The number of anilines is 1. The average Bonchev–Trinajstić information content (AvgIpc) is 3.10. The van der Waals surface area contributed by atoms with E-state index in [1.165, 1.54) is 37.3 Å². The summed E-state index contributed by atoms with van der Waals surface area (Å²) in [6.07, 6.45) is -4.12. The van der Waals surface area contributed by atoms with E-state index in [1.807, 2.05) is 5.32 Å². The molecule has 0 saturated carbocycles. The van der Waals surface area contributed by atoms with E-state index < -0.39 is 29.5 Å². The largest absolute Gasteiger partial charge is 0.463 e. The second kappa shape index (κ2) is 7.69. The standard InChI is InChI=1S/C16H14ClF3N2O4/c1-2-25-14(24)15(16(18,19)20,21-11-7-5-10(17)6-8-11)22-13(23)12-4-3-9-26-12/h3-9,21H,2H2,1H3,(H,22,23). The van der Waals surface area contributed by atoms with Crippen LogP contribution in [0.25, 0.3) is 0 Å². The Labute approximate surface area is 151 Å². The van der Waals surface area contributed by atoms with Crippen molar-refractivity contribution >= 4 is 29.2 Å². The second-order valence-corrected chi connectivity index (χ2v) is 5.47. The van der Waals surface area contributed by atoms with E-state index in [1.54, 1.807) is 5.32 Å². The molecule has 0 radical (unpaired) electrons. The highest BCUT2D eigenvalue weighted by atomic mass is 35.5. The Bertz CT molecular complexity index is 763. The van der Waals surface area contributed by atoms with Crippen molar-refractivity contribution in [1.82, 2.24) is 5.32 Å². The summed E-state index contributed by atoms with van der Waals surface area (Å²) < 4.78 is 51.0. The molecule has 0 spiro atoms. The van der Waals surface area contributed by atoms with Gasteiger partial charge in [-0.3, -0.25) is 4.79 Å². The number of esters is 1. The summed E-state index contributed by atoms with van der Waals surface area (Å²) in [6, 6.07) is 7.57. The van der Waals surface area contributed by atoms with Gasteiger partial charge in [0.15, 0.2) is 5.76 Å². The predicted molar refractivity (Wildman–Crippen MR) is 86.7 cm³/mol. The van der Waals surface area contributed by atoms with E-state index in [-0.39, 0.29) is 17.3 Å². The summed E-state index contributed by atoms with van der Waals surface area (Å²) in [6.45, 7) is 1.02. The SMILES string of the molecule is CCOC(=O)C(NC(=O)c1ccco1)(Nc1ccc(Cl)cc1)C(F)(F)F. The zero-order valence-electron chi connectivity index (χ0n) is 13.4. The number of rotatable bonds is 6. The molecule has 6 nitrogen and oxygen atoms in total. The molecule has 0 aliphatic heterocycles. The van der Waals surface area contributed by atoms with Crippen molar-refractivity contribution in [3.63, 3.8) is 0 Å². The lowest BCUT2D eigenvalue weighted by molar-refractivity contribution is -0.204. The van der Waals surface area contributed by atoms with Crippen LogP contribution in [0.4, 0.5) is 18.9 Å². The van der Waals surface area contributed by atoms with Crippen molar-refractivity contribution in [3.05, 3.63) is 53.4 Å². The van der Waals surface area contributed by atoms with Crippen molar-refractivity contribution < 1.29 is 31.9 Å². The minimum atomic E-state index is -5.23. The molecule has 1 unspecified atom stereocenters. The fourth-order valence-corrected chi connectivity index (χ4v) is 2.15. The van der Waals surface area contributed by atoms with Crippen molar-refractivity contribution in [3.8, 4) is 0 Å². The van der Waals surface area contributed by atoms with E-state index >= 15 is 0 Å². The predicted octanol–water partition coefficient (Wildman–Crippen LogP) is 3.60. The number of carbonyl (C=O) groups excluding carboxylic acids is 2. The molecular weight excluding hydrogens is 377 g/mol. The summed E-state index contributed by atoms with van der Waals surface area (Å²) in [5, 5.41) is 3.93. The molecule has 140 valence electrons. The number of ether oxygens (including phenoxy) is 1. The average molecular weight is 391 g/mol. The highest BCUT2D eigenvalue weighted by Gasteiger charge is 2.63. The summed E-state index contributed by atoms with van der Waals surface area (Å²) in [5.41, 5.74) is -3.64. The zero-order valence-corrected chi connectivity index (χ0v) is 14.1. The van der Waals surface area contributed by atoms with E-state index in [0.717, 1.165) is 12.3 Å². The lowest BCUT2D eigenvalue weighted by Gasteiger charge is -2.35. The number of alkyl halides is 3.